The van der Waals surface area contributed by atoms with Gasteiger partial charge in [-0.2, -0.15) is 0 Å². The van der Waals surface area contributed by atoms with E-state index in [0.29, 0.717) is 0 Å². The van der Waals surface area contributed by atoms with Crippen molar-refractivity contribution in [2.24, 2.45) is 0 Å². The van der Waals surface area contributed by atoms with E-state index in [4.69, 9.17) is 28.4 Å². The first-order chi connectivity index (χ1) is 19.8. The molecule has 0 aromatic rings. The van der Waals surface area contributed by atoms with E-state index in [-0.39, 0.29) is 12.8 Å². The number of ether oxygens (including phenoxy) is 6. The average molecular weight is 619 g/mol. The Kier molecular flexibility index (Phi) is 11.5. The van der Waals surface area contributed by atoms with Gasteiger partial charge in [-0.1, -0.05) is 0 Å². The lowest BCUT2D eigenvalue weighted by atomic mass is 9.88. The highest BCUT2D eigenvalue weighted by atomic mass is 16.7. The molecule has 0 bridgehead atoms. The van der Waals surface area contributed by atoms with Gasteiger partial charge >= 0.3 is 0 Å². The maximum Gasteiger partial charge on any atom is 0.187 e. The molecule has 0 aromatic heterocycles. The SMILES string of the molecule is CC1OC(O)C(O)C(O)C1OC1CCC(OC2OC(CO)C(OC3OC(CO)C(O)C(O)C3O)C(O)C2O)C(O)C1O. The summed E-state index contributed by atoms with van der Waals surface area (Å²) in [7, 11) is 0. The van der Waals surface area contributed by atoms with Crippen molar-refractivity contribution in [1.82, 2.24) is 0 Å². The molecule has 12 N–H and O–H groups in total. The molecule has 3 aliphatic heterocycles. The van der Waals surface area contributed by atoms with Crippen molar-refractivity contribution < 1.29 is 89.7 Å². The molecule has 42 heavy (non-hydrogen) atoms. The lowest BCUT2D eigenvalue weighted by Crippen LogP contribution is -2.65. The summed E-state index contributed by atoms with van der Waals surface area (Å²) in [6.45, 7) is -0.0428. The molecule has 246 valence electrons. The van der Waals surface area contributed by atoms with E-state index >= 15 is 0 Å². The third-order valence-electron chi connectivity index (χ3n) is 8.24. The van der Waals surface area contributed by atoms with E-state index in [1.807, 2.05) is 0 Å². The predicted octanol–water partition coefficient (Wildman–Crippen LogP) is -7.28. The number of rotatable bonds is 8. The first-order valence-electron chi connectivity index (χ1n) is 13.8. The summed E-state index contributed by atoms with van der Waals surface area (Å²) in [5.74, 6) is 0. The normalized spacial score (nSPS) is 54.1. The fraction of sp³-hybridized carbons (Fsp3) is 1.00. The number of hydrogen-bond donors (Lipinski definition) is 12. The topological polar surface area (TPSA) is 298 Å². The van der Waals surface area contributed by atoms with Crippen molar-refractivity contribution in [1.29, 1.82) is 0 Å². The van der Waals surface area contributed by atoms with Gasteiger partial charge in [-0.15, -0.1) is 0 Å². The van der Waals surface area contributed by atoms with Gasteiger partial charge in [0.15, 0.2) is 18.9 Å². The van der Waals surface area contributed by atoms with Gasteiger partial charge in [0.2, 0.25) is 0 Å². The first kappa shape index (κ1) is 34.2. The fourth-order valence-electron chi connectivity index (χ4n) is 5.66. The number of aliphatic hydroxyl groups excluding tert-OH is 12. The van der Waals surface area contributed by atoms with Crippen LogP contribution in [0.4, 0.5) is 0 Å². The summed E-state index contributed by atoms with van der Waals surface area (Å²) >= 11 is 0. The molecule has 19 unspecified atom stereocenters. The summed E-state index contributed by atoms with van der Waals surface area (Å²) in [5, 5.41) is 122. The summed E-state index contributed by atoms with van der Waals surface area (Å²) < 4.78 is 32.8. The highest BCUT2D eigenvalue weighted by Crippen LogP contribution is 2.34. The summed E-state index contributed by atoms with van der Waals surface area (Å²) in [5.41, 5.74) is 0. The predicted molar refractivity (Wildman–Crippen MR) is 130 cm³/mol. The monoisotopic (exact) mass is 618 g/mol. The molecule has 3 saturated heterocycles. The van der Waals surface area contributed by atoms with Gasteiger partial charge in [0, 0.05) is 0 Å². The maximum absolute atomic E-state index is 10.8. The second-order valence-corrected chi connectivity index (χ2v) is 11.1. The van der Waals surface area contributed by atoms with E-state index in [9.17, 15) is 61.3 Å². The third kappa shape index (κ3) is 6.76. The lowest BCUT2D eigenvalue weighted by molar-refractivity contribution is -0.367. The van der Waals surface area contributed by atoms with Crippen LogP contribution in [0.2, 0.25) is 0 Å². The zero-order chi connectivity index (χ0) is 31.0. The lowest BCUT2D eigenvalue weighted by Gasteiger charge is -2.47. The average Bonchev–Trinajstić information content (AvgIpc) is 2.97. The Morgan fingerprint density at radius 1 is 0.500 bits per heavy atom. The molecular formula is C24H42O18. The second-order valence-electron chi connectivity index (χ2n) is 11.1. The van der Waals surface area contributed by atoms with Gasteiger partial charge in [-0.05, 0) is 19.8 Å². The van der Waals surface area contributed by atoms with Gasteiger partial charge in [-0.25, -0.2) is 0 Å². The molecule has 4 fully saturated rings. The molecule has 0 radical (unpaired) electrons. The van der Waals surface area contributed by atoms with Crippen molar-refractivity contribution in [2.45, 2.75) is 136 Å². The molecule has 1 aliphatic carbocycles. The second kappa shape index (κ2) is 14.1. The van der Waals surface area contributed by atoms with E-state index in [0.717, 1.165) is 0 Å². The fourth-order valence-corrected chi connectivity index (χ4v) is 5.66. The summed E-state index contributed by atoms with van der Waals surface area (Å²) in [4.78, 5) is 0. The Bertz CT molecular complexity index is 850. The third-order valence-corrected chi connectivity index (χ3v) is 8.24. The van der Waals surface area contributed by atoms with E-state index in [1.165, 1.54) is 6.92 Å². The molecule has 4 rings (SSSR count). The highest BCUT2D eigenvalue weighted by molar-refractivity contribution is 4.97. The minimum absolute atomic E-state index is 0.0311. The van der Waals surface area contributed by atoms with Gasteiger partial charge in [0.1, 0.15) is 79.4 Å². The minimum atomic E-state index is -1.84. The van der Waals surface area contributed by atoms with E-state index < -0.39 is 130 Å². The van der Waals surface area contributed by atoms with Crippen molar-refractivity contribution in [3.8, 4) is 0 Å². The van der Waals surface area contributed by atoms with Crippen LogP contribution in [0, 0.1) is 0 Å². The van der Waals surface area contributed by atoms with Gasteiger partial charge in [0.25, 0.3) is 0 Å². The van der Waals surface area contributed by atoms with Crippen LogP contribution in [0.5, 0.6) is 0 Å². The Labute approximate surface area is 239 Å². The zero-order valence-electron chi connectivity index (χ0n) is 22.6. The van der Waals surface area contributed by atoms with Gasteiger partial charge in [0.05, 0.1) is 31.5 Å². The van der Waals surface area contributed by atoms with Crippen LogP contribution < -0.4 is 0 Å². The molecular weight excluding hydrogens is 576 g/mol. The summed E-state index contributed by atoms with van der Waals surface area (Å²) in [6, 6.07) is 0. The first-order valence-corrected chi connectivity index (χ1v) is 13.8. The Hall–Kier alpha value is -0.720. The van der Waals surface area contributed by atoms with Crippen molar-refractivity contribution in [3.63, 3.8) is 0 Å². The van der Waals surface area contributed by atoms with Crippen LogP contribution >= 0.6 is 0 Å². The highest BCUT2D eigenvalue weighted by Gasteiger charge is 2.52. The Morgan fingerprint density at radius 2 is 1.00 bits per heavy atom. The Morgan fingerprint density at radius 3 is 1.60 bits per heavy atom. The molecule has 0 spiro atoms. The van der Waals surface area contributed by atoms with Crippen LogP contribution in [-0.2, 0) is 28.4 Å². The van der Waals surface area contributed by atoms with Crippen molar-refractivity contribution in [2.75, 3.05) is 13.2 Å². The van der Waals surface area contributed by atoms with Crippen LogP contribution in [0.25, 0.3) is 0 Å². The maximum atomic E-state index is 10.8. The number of hydrogen-bond acceptors (Lipinski definition) is 18. The summed E-state index contributed by atoms with van der Waals surface area (Å²) in [6.07, 6.45) is -28.7. The van der Waals surface area contributed by atoms with Crippen LogP contribution in [0.15, 0.2) is 0 Å². The quantitative estimate of drug-likeness (QED) is 0.120. The number of aliphatic hydroxyl groups is 12. The molecule has 18 heteroatoms. The smallest absolute Gasteiger partial charge is 0.187 e. The van der Waals surface area contributed by atoms with Gasteiger partial charge in [-0.3, -0.25) is 0 Å². The van der Waals surface area contributed by atoms with E-state index in [1.54, 1.807) is 0 Å². The largest absolute Gasteiger partial charge is 0.394 e. The minimum Gasteiger partial charge on any atom is -0.394 e. The standard InChI is InChI=1S/C24H42O18/c1-6-20(15(31)17(33)22(36)37-6)38-7-2-3-8(12(28)11(7)27)39-23-19(35)16(32)21(10(5-26)41-23)42-24-18(34)14(30)13(29)9(4-25)40-24/h6-36H,2-5H2,1H3. The molecule has 4 aliphatic rings. The molecule has 0 amide bonds. The molecule has 3 heterocycles. The van der Waals surface area contributed by atoms with Gasteiger partial charge < -0.3 is 89.7 Å². The molecule has 1 saturated carbocycles. The van der Waals surface area contributed by atoms with Crippen molar-refractivity contribution >= 4 is 0 Å². The van der Waals surface area contributed by atoms with Crippen LogP contribution in [0.3, 0.4) is 0 Å². The molecule has 18 nitrogen and oxygen atoms in total. The van der Waals surface area contributed by atoms with Crippen LogP contribution in [0.1, 0.15) is 19.8 Å². The van der Waals surface area contributed by atoms with E-state index in [2.05, 4.69) is 0 Å². The van der Waals surface area contributed by atoms with Crippen LogP contribution in [-0.4, -0.2) is 191 Å². The van der Waals surface area contributed by atoms with Crippen molar-refractivity contribution in [3.05, 3.63) is 0 Å². The zero-order valence-corrected chi connectivity index (χ0v) is 22.6. The molecule has 0 aromatic carbocycles. The molecule has 19 atom stereocenters. The Balaban J connectivity index is 1.36.